The van der Waals surface area contributed by atoms with Gasteiger partial charge in [-0.2, -0.15) is 0 Å². The normalized spacial score (nSPS) is 23.2. The summed E-state index contributed by atoms with van der Waals surface area (Å²) in [4.78, 5) is 15.8. The Hall–Kier alpha value is -0.870. The van der Waals surface area contributed by atoms with Crippen LogP contribution in [0.1, 0.15) is 37.5 Å². The van der Waals surface area contributed by atoms with Gasteiger partial charge in [0.15, 0.2) is 0 Å². The summed E-state index contributed by atoms with van der Waals surface area (Å²) in [6, 6.07) is 4.12. The molecule has 1 aromatic rings. The van der Waals surface area contributed by atoms with Crippen molar-refractivity contribution in [1.82, 2.24) is 10.2 Å². The van der Waals surface area contributed by atoms with E-state index in [2.05, 4.69) is 23.7 Å². The van der Waals surface area contributed by atoms with Crippen molar-refractivity contribution in [3.05, 3.63) is 22.4 Å². The Morgan fingerprint density at radius 1 is 1.61 bits per heavy atom. The third-order valence-electron chi connectivity index (χ3n) is 3.65. The fourth-order valence-corrected chi connectivity index (χ4v) is 3.57. The van der Waals surface area contributed by atoms with Crippen LogP contribution in [0.4, 0.5) is 0 Å². The van der Waals surface area contributed by atoms with Gasteiger partial charge in [-0.1, -0.05) is 19.4 Å². The number of amides is 1. The minimum absolute atomic E-state index is 0.259. The average Bonchev–Trinajstić information content (AvgIpc) is 3.00. The third kappa shape index (κ3) is 2.75. The van der Waals surface area contributed by atoms with E-state index < -0.39 is 0 Å². The molecule has 0 bridgehead atoms. The highest BCUT2D eigenvalue weighted by Gasteiger charge is 2.41. The third-order valence-corrected chi connectivity index (χ3v) is 4.51. The van der Waals surface area contributed by atoms with Crippen LogP contribution in [-0.2, 0) is 11.3 Å². The molecule has 0 aliphatic carbocycles. The first-order valence-electron chi connectivity index (χ1n) is 6.71. The zero-order valence-corrected chi connectivity index (χ0v) is 12.1. The monoisotopic (exact) mass is 266 g/mol. The van der Waals surface area contributed by atoms with Crippen molar-refractivity contribution >= 4 is 17.2 Å². The summed E-state index contributed by atoms with van der Waals surface area (Å²) in [5.41, 5.74) is -0.291. The minimum atomic E-state index is -0.291. The van der Waals surface area contributed by atoms with Crippen LogP contribution in [0, 0.1) is 0 Å². The fraction of sp³-hybridized carbons (Fsp3) is 0.643. The Bertz CT molecular complexity index is 383. The summed E-state index contributed by atoms with van der Waals surface area (Å²) < 4.78 is 0. The molecule has 1 saturated heterocycles. The highest BCUT2D eigenvalue weighted by molar-refractivity contribution is 7.09. The molecule has 0 spiro atoms. The maximum Gasteiger partial charge on any atom is 0.242 e. The molecular formula is C14H22N2OS. The molecule has 18 heavy (non-hydrogen) atoms. The molecule has 0 aromatic carbocycles. The van der Waals surface area contributed by atoms with E-state index in [1.807, 2.05) is 18.0 Å². The number of likely N-dealkylation sites (N-methyl/N-ethyl adjacent to an activating group) is 1. The number of carbonyl (C=O) groups excluding carboxylic acids is 1. The molecule has 0 saturated carbocycles. The SMILES string of the molecule is CCCC1(C(=O)N(C)Cc2cccs2)CCCN1. The Morgan fingerprint density at radius 3 is 3.00 bits per heavy atom. The van der Waals surface area contributed by atoms with Crippen LogP contribution in [-0.4, -0.2) is 29.9 Å². The van der Waals surface area contributed by atoms with Crippen LogP contribution in [0.15, 0.2) is 17.5 Å². The summed E-state index contributed by atoms with van der Waals surface area (Å²) in [5.74, 6) is 0.259. The second kappa shape index (κ2) is 5.85. The topological polar surface area (TPSA) is 32.3 Å². The maximum absolute atomic E-state index is 12.7. The number of hydrogen-bond donors (Lipinski definition) is 1. The molecule has 1 atom stereocenters. The molecule has 2 heterocycles. The number of thiophene rings is 1. The molecule has 1 aliphatic heterocycles. The first-order valence-corrected chi connectivity index (χ1v) is 7.59. The average molecular weight is 266 g/mol. The van der Waals surface area contributed by atoms with Crippen molar-refractivity contribution in [1.29, 1.82) is 0 Å². The van der Waals surface area contributed by atoms with Crippen LogP contribution in [0.25, 0.3) is 0 Å². The molecule has 100 valence electrons. The first-order chi connectivity index (χ1) is 8.68. The van der Waals surface area contributed by atoms with E-state index in [0.29, 0.717) is 0 Å². The van der Waals surface area contributed by atoms with E-state index in [4.69, 9.17) is 0 Å². The van der Waals surface area contributed by atoms with Crippen molar-refractivity contribution in [2.45, 2.75) is 44.7 Å². The van der Waals surface area contributed by atoms with Crippen LogP contribution < -0.4 is 5.32 Å². The summed E-state index contributed by atoms with van der Waals surface area (Å²) in [5, 5.41) is 5.50. The molecule has 1 aliphatic rings. The molecule has 0 radical (unpaired) electrons. The van der Waals surface area contributed by atoms with Gasteiger partial charge in [0.25, 0.3) is 0 Å². The molecule has 2 rings (SSSR count). The second-order valence-electron chi connectivity index (χ2n) is 5.10. The molecule has 1 fully saturated rings. The van der Waals surface area contributed by atoms with Gasteiger partial charge in [0.1, 0.15) is 0 Å². The number of rotatable bonds is 5. The van der Waals surface area contributed by atoms with Crippen LogP contribution in [0.3, 0.4) is 0 Å². The highest BCUT2D eigenvalue weighted by atomic mass is 32.1. The van der Waals surface area contributed by atoms with Crippen molar-refractivity contribution in [3.8, 4) is 0 Å². The van der Waals surface area contributed by atoms with Gasteiger partial charge in [-0.15, -0.1) is 11.3 Å². The van der Waals surface area contributed by atoms with Crippen LogP contribution in [0.5, 0.6) is 0 Å². The molecule has 1 aromatic heterocycles. The summed E-state index contributed by atoms with van der Waals surface area (Å²) in [7, 11) is 1.92. The number of nitrogens with one attached hydrogen (secondary N) is 1. The molecule has 1 amide bonds. The van der Waals surface area contributed by atoms with Gasteiger partial charge in [-0.25, -0.2) is 0 Å². The van der Waals surface area contributed by atoms with E-state index in [1.165, 1.54) is 4.88 Å². The number of carbonyl (C=O) groups is 1. The lowest BCUT2D eigenvalue weighted by Gasteiger charge is -2.32. The van der Waals surface area contributed by atoms with Gasteiger partial charge in [-0.05, 0) is 37.3 Å². The minimum Gasteiger partial charge on any atom is -0.339 e. The van der Waals surface area contributed by atoms with Gasteiger partial charge >= 0.3 is 0 Å². The largest absolute Gasteiger partial charge is 0.339 e. The summed E-state index contributed by atoms with van der Waals surface area (Å²) >= 11 is 1.71. The van der Waals surface area contributed by atoms with Gasteiger partial charge in [-0.3, -0.25) is 4.79 Å². The predicted octanol–water partition coefficient (Wildman–Crippen LogP) is 2.63. The van der Waals surface area contributed by atoms with E-state index in [-0.39, 0.29) is 11.4 Å². The predicted molar refractivity (Wildman–Crippen MR) is 75.7 cm³/mol. The zero-order valence-electron chi connectivity index (χ0n) is 11.2. The zero-order chi connectivity index (χ0) is 13.0. The lowest BCUT2D eigenvalue weighted by atomic mass is 9.90. The van der Waals surface area contributed by atoms with Gasteiger partial charge in [0.2, 0.25) is 5.91 Å². The molecule has 4 heteroatoms. The Labute approximate surface area is 113 Å². The van der Waals surface area contributed by atoms with Gasteiger partial charge < -0.3 is 10.2 Å². The van der Waals surface area contributed by atoms with Crippen molar-refractivity contribution in [3.63, 3.8) is 0 Å². The smallest absolute Gasteiger partial charge is 0.242 e. The Morgan fingerprint density at radius 2 is 2.44 bits per heavy atom. The number of nitrogens with zero attached hydrogens (tertiary/aromatic N) is 1. The van der Waals surface area contributed by atoms with Crippen LogP contribution >= 0.6 is 11.3 Å². The Balaban J connectivity index is 2.04. The van der Waals surface area contributed by atoms with Gasteiger partial charge in [0, 0.05) is 11.9 Å². The van der Waals surface area contributed by atoms with Crippen molar-refractivity contribution in [2.75, 3.05) is 13.6 Å². The summed E-state index contributed by atoms with van der Waals surface area (Å²) in [6.45, 7) is 3.84. The van der Waals surface area contributed by atoms with E-state index in [1.54, 1.807) is 11.3 Å². The van der Waals surface area contributed by atoms with E-state index in [0.717, 1.165) is 38.8 Å². The lowest BCUT2D eigenvalue weighted by Crippen LogP contribution is -2.53. The van der Waals surface area contributed by atoms with Crippen molar-refractivity contribution < 1.29 is 4.79 Å². The first kappa shape index (κ1) is 13.6. The molecule has 1 N–H and O–H groups in total. The van der Waals surface area contributed by atoms with E-state index >= 15 is 0 Å². The Kier molecular flexibility index (Phi) is 4.40. The number of hydrogen-bond acceptors (Lipinski definition) is 3. The lowest BCUT2D eigenvalue weighted by molar-refractivity contribution is -0.137. The second-order valence-corrected chi connectivity index (χ2v) is 6.14. The molecule has 3 nitrogen and oxygen atoms in total. The maximum atomic E-state index is 12.7. The molecule has 1 unspecified atom stereocenters. The highest BCUT2D eigenvalue weighted by Crippen LogP contribution is 2.27. The van der Waals surface area contributed by atoms with Gasteiger partial charge in [0.05, 0.1) is 12.1 Å². The standard InChI is InChI=1S/C14H22N2OS/c1-3-7-14(8-5-9-15-14)13(17)16(2)11-12-6-4-10-18-12/h4,6,10,15H,3,5,7-9,11H2,1-2H3. The molecular weight excluding hydrogens is 244 g/mol. The van der Waals surface area contributed by atoms with Crippen LogP contribution in [0.2, 0.25) is 0 Å². The quantitative estimate of drug-likeness (QED) is 0.888. The summed E-state index contributed by atoms with van der Waals surface area (Å²) in [6.07, 6.45) is 4.08. The van der Waals surface area contributed by atoms with E-state index in [9.17, 15) is 4.79 Å². The van der Waals surface area contributed by atoms with Crippen molar-refractivity contribution in [2.24, 2.45) is 0 Å². The fourth-order valence-electron chi connectivity index (χ4n) is 2.81.